The summed E-state index contributed by atoms with van der Waals surface area (Å²) in [4.78, 5) is 26.0. The molecule has 1 aromatic heterocycles. The zero-order valence-electron chi connectivity index (χ0n) is 14.6. The maximum atomic E-state index is 13.1. The lowest BCUT2D eigenvalue weighted by atomic mass is 9.96. The maximum absolute atomic E-state index is 13.1. The molecule has 0 fully saturated rings. The summed E-state index contributed by atoms with van der Waals surface area (Å²) >= 11 is 12.0. The second-order valence-electron chi connectivity index (χ2n) is 6.11. The summed E-state index contributed by atoms with van der Waals surface area (Å²) in [5.74, 6) is -0.504. The third-order valence-corrected chi connectivity index (χ3v) is 4.80. The predicted octanol–water partition coefficient (Wildman–Crippen LogP) is 5.42. The first-order valence-corrected chi connectivity index (χ1v) is 8.85. The third-order valence-electron chi connectivity index (χ3n) is 4.25. The third kappa shape index (κ3) is 3.90. The molecule has 0 saturated heterocycles. The van der Waals surface area contributed by atoms with Crippen LogP contribution in [-0.4, -0.2) is 16.4 Å². The highest BCUT2D eigenvalue weighted by molar-refractivity contribution is 6.33. The van der Waals surface area contributed by atoms with Crippen molar-refractivity contribution in [1.82, 2.24) is 4.98 Å². The van der Waals surface area contributed by atoms with Crippen molar-refractivity contribution < 1.29 is 23.1 Å². The number of pyridine rings is 1. The summed E-state index contributed by atoms with van der Waals surface area (Å²) in [5, 5.41) is 19.6. The van der Waals surface area contributed by atoms with E-state index in [4.69, 9.17) is 23.2 Å². The van der Waals surface area contributed by atoms with Crippen LogP contribution in [0.1, 0.15) is 21.5 Å². The van der Waals surface area contributed by atoms with Gasteiger partial charge in [0.05, 0.1) is 16.8 Å². The van der Waals surface area contributed by atoms with Gasteiger partial charge in [-0.15, -0.1) is 0 Å². The molecule has 3 aromatic rings. The van der Waals surface area contributed by atoms with Crippen LogP contribution >= 0.6 is 23.2 Å². The number of carbonyl (C=O) groups excluding carboxylic acids is 1. The van der Waals surface area contributed by atoms with Gasteiger partial charge in [0.1, 0.15) is 17.4 Å². The second kappa shape index (κ2) is 7.86. The smallest absolute Gasteiger partial charge is 0.416 e. The van der Waals surface area contributed by atoms with Gasteiger partial charge in [0.2, 0.25) is 0 Å². The Morgan fingerprint density at radius 1 is 1.07 bits per heavy atom. The number of phenols is 1. The van der Waals surface area contributed by atoms with E-state index in [9.17, 15) is 33.1 Å². The van der Waals surface area contributed by atoms with Crippen LogP contribution < -0.4 is 5.56 Å². The number of aldehydes is 1. The predicted molar refractivity (Wildman–Crippen MR) is 105 cm³/mol. The maximum Gasteiger partial charge on any atom is 0.416 e. The number of hydrogen-bond donors (Lipinski definition) is 2. The van der Waals surface area contributed by atoms with Crippen LogP contribution in [0.25, 0.3) is 22.4 Å². The molecule has 10 heteroatoms. The average Bonchev–Trinajstić information content (AvgIpc) is 2.68. The van der Waals surface area contributed by atoms with Gasteiger partial charge in [0.25, 0.3) is 5.56 Å². The molecular weight excluding hydrogens is 444 g/mol. The van der Waals surface area contributed by atoms with E-state index in [1.165, 1.54) is 18.2 Å². The lowest BCUT2D eigenvalue weighted by molar-refractivity contribution is -0.137. The SMILES string of the molecule is N#Cc1c(-c2cc(C(F)(F)F)ccc2Cl)cc(-c2cc(Cl)cc(C=O)c2O)[nH]c1=O. The molecule has 0 saturated carbocycles. The quantitative estimate of drug-likeness (QED) is 0.518. The Hall–Kier alpha value is -3.28. The van der Waals surface area contributed by atoms with E-state index < -0.39 is 28.6 Å². The van der Waals surface area contributed by atoms with E-state index in [0.717, 1.165) is 18.2 Å². The number of hydrogen-bond acceptors (Lipinski definition) is 4. The standard InChI is InChI=1S/C20H9Cl2F3N2O3/c21-11-3-9(8-28)18(29)14(5-11)17-6-12(15(7-26)19(30)27-17)13-4-10(20(23,24)25)1-2-16(13)22/h1-6,8,29H,(H,27,30). The van der Waals surface area contributed by atoms with Crippen molar-refractivity contribution in [2.24, 2.45) is 0 Å². The topological polar surface area (TPSA) is 93.9 Å². The first-order chi connectivity index (χ1) is 14.1. The number of carbonyl (C=O) groups is 1. The Labute approximate surface area is 176 Å². The number of phenolic OH excluding ortho intramolecular Hbond substituents is 1. The molecule has 1 heterocycles. The number of nitrogens with one attached hydrogen (secondary N) is 1. The Kier molecular flexibility index (Phi) is 5.61. The van der Waals surface area contributed by atoms with Crippen molar-refractivity contribution in [3.05, 3.63) is 73.5 Å². The highest BCUT2D eigenvalue weighted by Gasteiger charge is 2.31. The molecule has 152 valence electrons. The first kappa shape index (κ1) is 21.4. The minimum atomic E-state index is -4.68. The molecule has 0 spiro atoms. The van der Waals surface area contributed by atoms with E-state index in [1.54, 1.807) is 6.07 Å². The number of halogens is 5. The summed E-state index contributed by atoms with van der Waals surface area (Å²) in [5.41, 5.74) is -3.11. The Morgan fingerprint density at radius 2 is 1.77 bits per heavy atom. The summed E-state index contributed by atoms with van der Waals surface area (Å²) in [7, 11) is 0. The molecule has 0 bridgehead atoms. The van der Waals surface area contributed by atoms with E-state index in [0.29, 0.717) is 6.29 Å². The van der Waals surface area contributed by atoms with Gasteiger partial charge in [-0.2, -0.15) is 18.4 Å². The molecule has 0 atom stereocenters. The molecule has 5 nitrogen and oxygen atoms in total. The van der Waals surface area contributed by atoms with Crippen LogP contribution in [0.3, 0.4) is 0 Å². The van der Waals surface area contributed by atoms with Gasteiger partial charge in [0.15, 0.2) is 6.29 Å². The minimum Gasteiger partial charge on any atom is -0.506 e. The molecule has 0 aliphatic heterocycles. The summed E-state index contributed by atoms with van der Waals surface area (Å²) in [6.45, 7) is 0. The number of aromatic amines is 1. The number of aromatic hydroxyl groups is 1. The van der Waals surface area contributed by atoms with Gasteiger partial charge >= 0.3 is 6.18 Å². The van der Waals surface area contributed by atoms with Crippen LogP contribution in [0, 0.1) is 11.3 Å². The van der Waals surface area contributed by atoms with Gasteiger partial charge in [-0.25, -0.2) is 0 Å². The van der Waals surface area contributed by atoms with Crippen molar-refractivity contribution >= 4 is 29.5 Å². The van der Waals surface area contributed by atoms with Crippen LogP contribution in [0.15, 0.2) is 41.2 Å². The normalized spacial score (nSPS) is 11.2. The number of alkyl halides is 3. The van der Waals surface area contributed by atoms with Gasteiger partial charge in [-0.05, 0) is 36.4 Å². The number of nitrogens with zero attached hydrogens (tertiary/aromatic N) is 1. The lowest BCUT2D eigenvalue weighted by Gasteiger charge is -2.14. The molecule has 0 radical (unpaired) electrons. The lowest BCUT2D eigenvalue weighted by Crippen LogP contribution is -2.13. The molecule has 0 amide bonds. The number of aromatic nitrogens is 1. The number of benzene rings is 2. The van der Waals surface area contributed by atoms with Crippen LogP contribution in [0.4, 0.5) is 13.2 Å². The van der Waals surface area contributed by atoms with Gasteiger partial charge < -0.3 is 10.1 Å². The fourth-order valence-corrected chi connectivity index (χ4v) is 3.30. The van der Waals surface area contributed by atoms with E-state index in [2.05, 4.69) is 4.98 Å². The van der Waals surface area contributed by atoms with E-state index >= 15 is 0 Å². The van der Waals surface area contributed by atoms with E-state index in [-0.39, 0.29) is 38.0 Å². The van der Waals surface area contributed by atoms with Gasteiger partial charge in [-0.1, -0.05) is 23.2 Å². The summed E-state index contributed by atoms with van der Waals surface area (Å²) < 4.78 is 39.4. The molecule has 3 rings (SSSR count). The van der Waals surface area contributed by atoms with Crippen LogP contribution in [0.2, 0.25) is 10.0 Å². The molecule has 0 aliphatic rings. The van der Waals surface area contributed by atoms with Crippen molar-refractivity contribution in [3.8, 4) is 34.2 Å². The Balaban J connectivity index is 2.36. The molecular formula is C20H9Cl2F3N2O3. The highest BCUT2D eigenvalue weighted by atomic mass is 35.5. The van der Waals surface area contributed by atoms with Crippen molar-refractivity contribution in [2.75, 3.05) is 0 Å². The summed E-state index contributed by atoms with van der Waals surface area (Å²) in [6, 6.07) is 7.76. The molecule has 2 aromatic carbocycles. The Bertz CT molecular complexity index is 1280. The van der Waals surface area contributed by atoms with Crippen molar-refractivity contribution in [2.45, 2.75) is 6.18 Å². The zero-order chi connectivity index (χ0) is 22.2. The number of H-pyrrole nitrogens is 1. The molecule has 0 unspecified atom stereocenters. The number of nitriles is 1. The molecule has 0 aliphatic carbocycles. The first-order valence-electron chi connectivity index (χ1n) is 8.09. The van der Waals surface area contributed by atoms with Gasteiger partial charge in [0, 0.05) is 26.7 Å². The molecule has 30 heavy (non-hydrogen) atoms. The van der Waals surface area contributed by atoms with E-state index in [1.807, 2.05) is 0 Å². The fraction of sp³-hybridized carbons (Fsp3) is 0.0500. The second-order valence-corrected chi connectivity index (χ2v) is 6.96. The van der Waals surface area contributed by atoms with Crippen LogP contribution in [-0.2, 0) is 6.18 Å². The van der Waals surface area contributed by atoms with Crippen LogP contribution in [0.5, 0.6) is 5.75 Å². The zero-order valence-corrected chi connectivity index (χ0v) is 16.2. The fourth-order valence-electron chi connectivity index (χ4n) is 2.85. The largest absolute Gasteiger partial charge is 0.506 e. The summed E-state index contributed by atoms with van der Waals surface area (Å²) in [6.07, 6.45) is -4.34. The average molecular weight is 453 g/mol. The Morgan fingerprint density at radius 3 is 2.37 bits per heavy atom. The monoisotopic (exact) mass is 452 g/mol. The van der Waals surface area contributed by atoms with Gasteiger partial charge in [-0.3, -0.25) is 9.59 Å². The number of rotatable bonds is 3. The minimum absolute atomic E-state index is 0.0597. The van der Waals surface area contributed by atoms with Crippen molar-refractivity contribution in [1.29, 1.82) is 5.26 Å². The van der Waals surface area contributed by atoms with Crippen molar-refractivity contribution in [3.63, 3.8) is 0 Å². The molecule has 2 N–H and O–H groups in total. The highest BCUT2D eigenvalue weighted by Crippen LogP contribution is 2.39.